The molecular formula is C21H22N2O3. The first-order valence-electron chi connectivity index (χ1n) is 8.87. The van der Waals surface area contributed by atoms with Gasteiger partial charge in [-0.05, 0) is 36.2 Å². The van der Waals surface area contributed by atoms with Crippen molar-refractivity contribution in [1.82, 2.24) is 10.3 Å². The minimum Gasteiger partial charge on any atom is -0.497 e. The maximum atomic E-state index is 12.4. The van der Waals surface area contributed by atoms with Crippen LogP contribution in [0.15, 0.2) is 48.5 Å². The molecule has 1 aliphatic heterocycles. The fourth-order valence-corrected chi connectivity index (χ4v) is 3.69. The van der Waals surface area contributed by atoms with Gasteiger partial charge in [-0.1, -0.05) is 30.3 Å². The highest BCUT2D eigenvalue weighted by Gasteiger charge is 2.34. The van der Waals surface area contributed by atoms with Crippen molar-refractivity contribution in [2.75, 3.05) is 13.7 Å². The number of esters is 1. The van der Waals surface area contributed by atoms with Crippen molar-refractivity contribution in [2.45, 2.75) is 25.4 Å². The van der Waals surface area contributed by atoms with Gasteiger partial charge in [-0.25, -0.2) is 0 Å². The highest BCUT2D eigenvalue weighted by Crippen LogP contribution is 2.35. The number of methoxy groups -OCH3 is 1. The molecule has 0 aliphatic carbocycles. The summed E-state index contributed by atoms with van der Waals surface area (Å²) in [7, 11) is 1.65. The first-order chi connectivity index (χ1) is 12.7. The van der Waals surface area contributed by atoms with Crippen molar-refractivity contribution in [2.24, 2.45) is 0 Å². The van der Waals surface area contributed by atoms with E-state index in [4.69, 9.17) is 9.47 Å². The Bertz CT molecular complexity index is 930. The third-order valence-electron chi connectivity index (χ3n) is 4.93. The topological polar surface area (TPSA) is 63.4 Å². The van der Waals surface area contributed by atoms with E-state index in [2.05, 4.69) is 22.4 Å². The van der Waals surface area contributed by atoms with E-state index in [9.17, 15) is 4.79 Å². The van der Waals surface area contributed by atoms with Gasteiger partial charge in [0.1, 0.15) is 11.8 Å². The quantitative estimate of drug-likeness (QED) is 0.709. The number of hydrogen-bond donors (Lipinski definition) is 2. The third-order valence-corrected chi connectivity index (χ3v) is 4.93. The molecule has 1 aromatic heterocycles. The Morgan fingerprint density at radius 3 is 2.65 bits per heavy atom. The van der Waals surface area contributed by atoms with Crippen molar-refractivity contribution >= 4 is 16.9 Å². The Labute approximate surface area is 152 Å². The van der Waals surface area contributed by atoms with Crippen molar-refractivity contribution in [3.05, 3.63) is 65.4 Å². The third kappa shape index (κ3) is 2.84. The van der Waals surface area contributed by atoms with Crippen LogP contribution < -0.4 is 10.1 Å². The van der Waals surface area contributed by atoms with Crippen LogP contribution in [0.2, 0.25) is 0 Å². The minimum absolute atomic E-state index is 0.105. The van der Waals surface area contributed by atoms with E-state index in [1.54, 1.807) is 7.11 Å². The minimum atomic E-state index is -0.367. The molecular weight excluding hydrogens is 328 g/mol. The summed E-state index contributed by atoms with van der Waals surface area (Å²) in [4.78, 5) is 16.0. The summed E-state index contributed by atoms with van der Waals surface area (Å²) in [6, 6.07) is 15.7. The molecule has 26 heavy (non-hydrogen) atoms. The maximum absolute atomic E-state index is 12.4. The van der Waals surface area contributed by atoms with E-state index in [1.165, 1.54) is 5.56 Å². The molecule has 0 saturated heterocycles. The number of benzene rings is 2. The predicted molar refractivity (Wildman–Crippen MR) is 100 cm³/mol. The Hall–Kier alpha value is -2.79. The molecule has 2 atom stereocenters. The summed E-state index contributed by atoms with van der Waals surface area (Å²) in [6.45, 7) is 2.21. The van der Waals surface area contributed by atoms with Crippen LogP contribution in [0, 0.1) is 0 Å². The number of hydrogen-bond acceptors (Lipinski definition) is 4. The fourth-order valence-electron chi connectivity index (χ4n) is 3.69. The van der Waals surface area contributed by atoms with Crippen LogP contribution in [0.3, 0.4) is 0 Å². The van der Waals surface area contributed by atoms with Gasteiger partial charge >= 0.3 is 5.97 Å². The molecule has 3 aromatic rings. The highest BCUT2D eigenvalue weighted by molar-refractivity contribution is 5.87. The second-order valence-electron chi connectivity index (χ2n) is 6.44. The lowest BCUT2D eigenvalue weighted by Crippen LogP contribution is -2.45. The summed E-state index contributed by atoms with van der Waals surface area (Å²) in [5.41, 5.74) is 4.45. The SMILES string of the molecule is CCOC(=O)[C@@H]1Cc2c([nH]c3ccccc23)[C@H](c2ccc(OC)cc2)N1. The van der Waals surface area contributed by atoms with Gasteiger partial charge in [0.15, 0.2) is 0 Å². The molecule has 0 amide bonds. The Kier molecular flexibility index (Phi) is 4.39. The van der Waals surface area contributed by atoms with Gasteiger partial charge in [-0.2, -0.15) is 0 Å². The molecule has 0 radical (unpaired) electrons. The van der Waals surface area contributed by atoms with E-state index in [0.717, 1.165) is 27.9 Å². The number of nitrogens with one attached hydrogen (secondary N) is 2. The average molecular weight is 350 g/mol. The van der Waals surface area contributed by atoms with Crippen LogP contribution in [0.4, 0.5) is 0 Å². The van der Waals surface area contributed by atoms with Gasteiger partial charge in [-0.15, -0.1) is 0 Å². The summed E-state index contributed by atoms with van der Waals surface area (Å²) in [5, 5.41) is 4.63. The van der Waals surface area contributed by atoms with Crippen molar-refractivity contribution < 1.29 is 14.3 Å². The number of para-hydroxylation sites is 1. The van der Waals surface area contributed by atoms with Crippen molar-refractivity contribution in [3.63, 3.8) is 0 Å². The lowest BCUT2D eigenvalue weighted by atomic mass is 9.90. The lowest BCUT2D eigenvalue weighted by molar-refractivity contribution is -0.146. The van der Waals surface area contributed by atoms with E-state index >= 15 is 0 Å². The van der Waals surface area contributed by atoms with Crippen LogP contribution in [0.5, 0.6) is 5.75 Å². The van der Waals surface area contributed by atoms with E-state index in [0.29, 0.717) is 13.0 Å². The Morgan fingerprint density at radius 2 is 1.92 bits per heavy atom. The van der Waals surface area contributed by atoms with Crippen LogP contribution >= 0.6 is 0 Å². The number of aromatic amines is 1. The molecule has 134 valence electrons. The number of carbonyl (C=O) groups excluding carboxylic acids is 1. The first kappa shape index (κ1) is 16.7. The Morgan fingerprint density at radius 1 is 1.15 bits per heavy atom. The molecule has 0 bridgehead atoms. The van der Waals surface area contributed by atoms with E-state index in [-0.39, 0.29) is 18.1 Å². The summed E-state index contributed by atoms with van der Waals surface area (Å²) >= 11 is 0. The molecule has 2 aromatic carbocycles. The Balaban J connectivity index is 1.80. The standard InChI is InChI=1S/C21H22N2O3/c1-3-26-21(24)18-12-16-15-6-4-5-7-17(15)22-20(16)19(23-18)13-8-10-14(25-2)11-9-13/h4-11,18-19,22-23H,3,12H2,1-2H3/t18-,19-/m0/s1. The average Bonchev–Trinajstić information content (AvgIpc) is 3.06. The van der Waals surface area contributed by atoms with Gasteiger partial charge in [0, 0.05) is 23.0 Å². The summed E-state index contributed by atoms with van der Waals surface area (Å²) in [5.74, 6) is 0.602. The normalized spacial score (nSPS) is 19.2. The molecule has 0 unspecified atom stereocenters. The van der Waals surface area contributed by atoms with E-state index in [1.807, 2.05) is 43.3 Å². The molecule has 0 fully saturated rings. The van der Waals surface area contributed by atoms with Crippen molar-refractivity contribution in [1.29, 1.82) is 0 Å². The molecule has 5 heteroatoms. The van der Waals surface area contributed by atoms with Crippen LogP contribution in [0.25, 0.3) is 10.9 Å². The number of H-pyrrole nitrogens is 1. The maximum Gasteiger partial charge on any atom is 0.323 e. The van der Waals surface area contributed by atoms with Crippen molar-refractivity contribution in [3.8, 4) is 5.75 Å². The van der Waals surface area contributed by atoms with Crippen LogP contribution in [-0.4, -0.2) is 30.7 Å². The largest absolute Gasteiger partial charge is 0.497 e. The molecule has 0 saturated carbocycles. The number of aromatic nitrogens is 1. The van der Waals surface area contributed by atoms with Crippen LogP contribution in [0.1, 0.15) is 29.8 Å². The van der Waals surface area contributed by atoms with Gasteiger partial charge < -0.3 is 14.5 Å². The highest BCUT2D eigenvalue weighted by atomic mass is 16.5. The number of fused-ring (bicyclic) bond motifs is 3. The second-order valence-corrected chi connectivity index (χ2v) is 6.44. The van der Waals surface area contributed by atoms with Gasteiger partial charge in [0.05, 0.1) is 19.8 Å². The zero-order chi connectivity index (χ0) is 18.1. The predicted octanol–water partition coefficient (Wildman–Crippen LogP) is 3.34. The molecule has 0 spiro atoms. The molecule has 5 nitrogen and oxygen atoms in total. The molecule has 1 aliphatic rings. The number of ether oxygens (including phenoxy) is 2. The monoisotopic (exact) mass is 350 g/mol. The van der Waals surface area contributed by atoms with Gasteiger partial charge in [-0.3, -0.25) is 10.1 Å². The second kappa shape index (κ2) is 6.84. The summed E-state index contributed by atoms with van der Waals surface area (Å²) in [6.07, 6.45) is 0.616. The van der Waals surface area contributed by atoms with E-state index < -0.39 is 0 Å². The molecule has 2 heterocycles. The number of rotatable bonds is 4. The zero-order valence-corrected chi connectivity index (χ0v) is 14.9. The smallest absolute Gasteiger partial charge is 0.323 e. The first-order valence-corrected chi connectivity index (χ1v) is 8.87. The lowest BCUT2D eigenvalue weighted by Gasteiger charge is -2.30. The van der Waals surface area contributed by atoms with Gasteiger partial charge in [0.2, 0.25) is 0 Å². The zero-order valence-electron chi connectivity index (χ0n) is 14.9. The fraction of sp³-hybridized carbons (Fsp3) is 0.286. The molecule has 4 rings (SSSR count). The van der Waals surface area contributed by atoms with Gasteiger partial charge in [0.25, 0.3) is 0 Å². The molecule has 2 N–H and O–H groups in total. The summed E-state index contributed by atoms with van der Waals surface area (Å²) < 4.78 is 10.5. The number of carbonyl (C=O) groups is 1. The van der Waals surface area contributed by atoms with Crippen LogP contribution in [-0.2, 0) is 16.0 Å².